The summed E-state index contributed by atoms with van der Waals surface area (Å²) in [6.07, 6.45) is 5.52. The number of thiophene rings is 1. The highest BCUT2D eigenvalue weighted by Crippen LogP contribution is 2.40. The zero-order chi connectivity index (χ0) is 26.6. The fourth-order valence-electron chi connectivity index (χ4n) is 4.87. The highest BCUT2D eigenvalue weighted by atomic mass is 32.1. The number of amides is 2. The maximum atomic E-state index is 13.0. The number of aromatic nitrogens is 1. The molecule has 2 aromatic rings. The van der Waals surface area contributed by atoms with Crippen LogP contribution in [0, 0.1) is 26.7 Å². The van der Waals surface area contributed by atoms with Crippen molar-refractivity contribution in [2.24, 2.45) is 5.92 Å². The van der Waals surface area contributed by atoms with Crippen molar-refractivity contribution in [3.8, 4) is 0 Å². The number of hydrogen-bond donors (Lipinski definition) is 3. The van der Waals surface area contributed by atoms with Crippen molar-refractivity contribution < 1.29 is 14.3 Å². The summed E-state index contributed by atoms with van der Waals surface area (Å²) in [7, 11) is 0. The maximum Gasteiger partial charge on any atom is 0.407 e. The molecule has 1 fully saturated rings. The highest BCUT2D eigenvalue weighted by Gasteiger charge is 2.28. The van der Waals surface area contributed by atoms with Gasteiger partial charge in [-0.05, 0) is 103 Å². The lowest BCUT2D eigenvalue weighted by atomic mass is 9.80. The number of rotatable bonds is 6. The van der Waals surface area contributed by atoms with Gasteiger partial charge in [0.05, 0.1) is 5.56 Å². The van der Waals surface area contributed by atoms with E-state index in [2.05, 4.69) is 21.7 Å². The van der Waals surface area contributed by atoms with Crippen molar-refractivity contribution in [2.45, 2.75) is 92.3 Å². The first-order valence-corrected chi connectivity index (χ1v) is 13.5. The Bertz CT molecular complexity index is 1190. The molecule has 1 aliphatic carbocycles. The van der Waals surface area contributed by atoms with Crippen molar-refractivity contribution in [1.82, 2.24) is 15.6 Å². The van der Waals surface area contributed by atoms with Crippen molar-refractivity contribution in [3.05, 3.63) is 60.7 Å². The van der Waals surface area contributed by atoms with Gasteiger partial charge in [0.2, 0.25) is 0 Å². The van der Waals surface area contributed by atoms with Crippen LogP contribution in [-0.4, -0.2) is 28.6 Å². The van der Waals surface area contributed by atoms with E-state index >= 15 is 0 Å². The molecule has 196 valence electrons. The molecule has 0 saturated heterocycles. The number of pyridine rings is 1. The second-order valence-electron chi connectivity index (χ2n) is 10.7. The second kappa shape index (κ2) is 11.5. The number of carbonyl (C=O) groups is 2. The van der Waals surface area contributed by atoms with Crippen molar-refractivity contribution in [1.29, 1.82) is 0 Å². The van der Waals surface area contributed by atoms with Crippen molar-refractivity contribution in [2.75, 3.05) is 0 Å². The first-order valence-electron chi connectivity index (χ1n) is 12.6. The summed E-state index contributed by atoms with van der Waals surface area (Å²) in [5, 5.41) is 7.84. The Hall–Kier alpha value is -2.87. The van der Waals surface area contributed by atoms with E-state index in [4.69, 9.17) is 4.74 Å². The van der Waals surface area contributed by atoms with Gasteiger partial charge in [0.25, 0.3) is 11.5 Å². The van der Waals surface area contributed by atoms with E-state index in [9.17, 15) is 14.4 Å². The zero-order valence-electron chi connectivity index (χ0n) is 22.5. The number of allylic oxidation sites excluding steroid dienone is 2. The third-order valence-electron chi connectivity index (χ3n) is 6.66. The van der Waals surface area contributed by atoms with E-state index in [0.29, 0.717) is 17.0 Å². The van der Waals surface area contributed by atoms with Gasteiger partial charge in [0.1, 0.15) is 5.60 Å². The molecule has 0 unspecified atom stereocenters. The smallest absolute Gasteiger partial charge is 0.407 e. The van der Waals surface area contributed by atoms with Gasteiger partial charge in [-0.15, -0.1) is 11.3 Å². The first-order chi connectivity index (χ1) is 16.9. The molecule has 1 saturated carbocycles. The molecule has 36 heavy (non-hydrogen) atoms. The normalized spacial score (nSPS) is 18.6. The minimum atomic E-state index is -0.505. The third kappa shape index (κ3) is 6.87. The van der Waals surface area contributed by atoms with Gasteiger partial charge in [-0.25, -0.2) is 4.79 Å². The van der Waals surface area contributed by atoms with Crippen LogP contribution in [0.1, 0.15) is 91.0 Å². The SMILES string of the molecule is C/C=C(/c1scc(C(=O)NCc2c(C)cc(C)[nH]c2=O)c1C)[C@H]1CC[C@H](NC(=O)OC(C)(C)C)CC1. The van der Waals surface area contributed by atoms with Gasteiger partial charge >= 0.3 is 6.09 Å². The van der Waals surface area contributed by atoms with E-state index in [1.807, 2.05) is 59.9 Å². The van der Waals surface area contributed by atoms with Gasteiger partial charge in [-0.2, -0.15) is 0 Å². The number of aromatic amines is 1. The Kier molecular flexibility index (Phi) is 8.82. The second-order valence-corrected chi connectivity index (χ2v) is 11.5. The molecule has 0 spiro atoms. The Morgan fingerprint density at radius 3 is 2.42 bits per heavy atom. The van der Waals surface area contributed by atoms with Crippen LogP contribution in [0.2, 0.25) is 0 Å². The lowest BCUT2D eigenvalue weighted by Gasteiger charge is -2.31. The van der Waals surface area contributed by atoms with Gasteiger partial charge < -0.3 is 20.4 Å². The van der Waals surface area contributed by atoms with Crippen LogP contribution in [-0.2, 0) is 11.3 Å². The summed E-state index contributed by atoms with van der Waals surface area (Å²) < 4.78 is 5.40. The summed E-state index contributed by atoms with van der Waals surface area (Å²) in [6, 6.07) is 2.03. The van der Waals surface area contributed by atoms with E-state index < -0.39 is 5.60 Å². The average Bonchev–Trinajstić information content (AvgIpc) is 3.14. The monoisotopic (exact) mass is 513 g/mol. The summed E-state index contributed by atoms with van der Waals surface area (Å²) in [5.41, 5.74) is 4.46. The van der Waals surface area contributed by atoms with Crippen LogP contribution in [0.5, 0.6) is 0 Å². The zero-order valence-corrected chi connectivity index (χ0v) is 23.3. The minimum Gasteiger partial charge on any atom is -0.444 e. The van der Waals surface area contributed by atoms with Gasteiger partial charge in [-0.1, -0.05) is 6.08 Å². The third-order valence-corrected chi connectivity index (χ3v) is 7.80. The molecule has 0 atom stereocenters. The Morgan fingerprint density at radius 1 is 1.17 bits per heavy atom. The molecule has 2 amide bonds. The predicted octanol–water partition coefficient (Wildman–Crippen LogP) is 5.78. The molecule has 1 aliphatic rings. The Balaban J connectivity index is 1.63. The van der Waals surface area contributed by atoms with Crippen LogP contribution in [0.3, 0.4) is 0 Å². The highest BCUT2D eigenvalue weighted by molar-refractivity contribution is 7.11. The minimum absolute atomic E-state index is 0.119. The van der Waals surface area contributed by atoms with Crippen LogP contribution in [0.25, 0.3) is 5.57 Å². The molecule has 0 bridgehead atoms. The summed E-state index contributed by atoms with van der Waals surface area (Å²) in [5.74, 6) is 0.212. The molecular formula is C28H39N3O4S. The summed E-state index contributed by atoms with van der Waals surface area (Å²) in [6.45, 7) is 13.5. The quantitative estimate of drug-likeness (QED) is 0.456. The summed E-state index contributed by atoms with van der Waals surface area (Å²) >= 11 is 1.59. The fourth-order valence-corrected chi connectivity index (χ4v) is 6.09. The largest absolute Gasteiger partial charge is 0.444 e. The van der Waals surface area contributed by atoms with Gasteiger partial charge in [-0.3, -0.25) is 9.59 Å². The molecule has 3 N–H and O–H groups in total. The Labute approximate surface area is 217 Å². The standard InChI is InChI=1S/C28H39N3O4S/c1-8-21(19-9-11-20(12-10-19)31-27(34)35-28(5,6)7)24-18(4)23(15-36-24)25(32)29-14-22-16(2)13-17(3)30-26(22)33/h8,13,15,19-20H,9-12,14H2,1-7H3,(H,29,32)(H,30,33)(H,31,34)/b21-8+/t19-,20-. The van der Waals surface area contributed by atoms with Gasteiger partial charge in [0, 0.05) is 34.1 Å². The number of aryl methyl sites for hydroxylation is 2. The number of ether oxygens (including phenoxy) is 1. The number of hydrogen-bond acceptors (Lipinski definition) is 5. The topological polar surface area (TPSA) is 100 Å². The number of alkyl carbamates (subject to hydrolysis) is 1. The molecule has 7 nitrogen and oxygen atoms in total. The van der Waals surface area contributed by atoms with Crippen LogP contribution >= 0.6 is 11.3 Å². The average molecular weight is 514 g/mol. The molecule has 2 heterocycles. The molecule has 0 aromatic carbocycles. The molecule has 2 aromatic heterocycles. The summed E-state index contributed by atoms with van der Waals surface area (Å²) in [4.78, 5) is 41.3. The molecule has 3 rings (SSSR count). The molecular weight excluding hydrogens is 474 g/mol. The van der Waals surface area contributed by atoms with Gasteiger partial charge in [0.15, 0.2) is 0 Å². The van der Waals surface area contributed by atoms with Crippen molar-refractivity contribution in [3.63, 3.8) is 0 Å². The van der Waals surface area contributed by atoms with E-state index in [-0.39, 0.29) is 30.1 Å². The van der Waals surface area contributed by atoms with E-state index in [0.717, 1.165) is 47.4 Å². The molecule has 0 radical (unpaired) electrons. The van der Waals surface area contributed by atoms with Crippen LogP contribution in [0.4, 0.5) is 4.79 Å². The predicted molar refractivity (Wildman–Crippen MR) is 146 cm³/mol. The number of carbonyl (C=O) groups excluding carboxylic acids is 2. The van der Waals surface area contributed by atoms with E-state index in [1.165, 1.54) is 5.57 Å². The molecule has 8 heteroatoms. The maximum absolute atomic E-state index is 13.0. The number of nitrogens with one attached hydrogen (secondary N) is 3. The molecule has 0 aliphatic heterocycles. The lowest BCUT2D eigenvalue weighted by molar-refractivity contribution is 0.0490. The first kappa shape index (κ1) is 27.7. The van der Waals surface area contributed by atoms with Crippen LogP contribution < -0.4 is 16.2 Å². The fraction of sp³-hybridized carbons (Fsp3) is 0.536. The van der Waals surface area contributed by atoms with Crippen molar-refractivity contribution >= 4 is 28.9 Å². The van der Waals surface area contributed by atoms with Crippen LogP contribution in [0.15, 0.2) is 22.3 Å². The Morgan fingerprint density at radius 2 is 1.83 bits per heavy atom. The lowest BCUT2D eigenvalue weighted by Crippen LogP contribution is -2.41. The number of H-pyrrole nitrogens is 1. The van der Waals surface area contributed by atoms with E-state index in [1.54, 1.807) is 11.3 Å².